The van der Waals surface area contributed by atoms with E-state index in [9.17, 15) is 4.39 Å². The Hall–Kier alpha value is -4.41. The predicted molar refractivity (Wildman–Crippen MR) is 128 cm³/mol. The van der Waals surface area contributed by atoms with Crippen LogP contribution in [0.2, 0.25) is 0 Å². The number of nitrogens with one attached hydrogen (secondary N) is 1. The zero-order valence-corrected chi connectivity index (χ0v) is 20.0. The van der Waals surface area contributed by atoms with Crippen LogP contribution in [-0.2, 0) is 13.5 Å². The van der Waals surface area contributed by atoms with Crippen molar-refractivity contribution in [2.75, 3.05) is 5.32 Å². The highest BCUT2D eigenvalue weighted by molar-refractivity contribution is 5.72. The van der Waals surface area contributed by atoms with E-state index < -0.39 is 0 Å². The molecule has 1 aromatic carbocycles. The average Bonchev–Trinajstić information content (AvgIpc) is 3.49. The van der Waals surface area contributed by atoms with Gasteiger partial charge in [-0.15, -0.1) is 10.2 Å². The summed E-state index contributed by atoms with van der Waals surface area (Å²) in [6.45, 7) is 7.62. The quantitative estimate of drug-likeness (QED) is 0.384. The monoisotopic (exact) mass is 473 g/mol. The van der Waals surface area contributed by atoms with Gasteiger partial charge in [0.25, 0.3) is 5.89 Å². The Balaban J connectivity index is 1.50. The molecule has 35 heavy (non-hydrogen) atoms. The molecule has 1 N–H and O–H groups in total. The minimum absolute atomic E-state index is 0.281. The summed E-state index contributed by atoms with van der Waals surface area (Å²) in [4.78, 5) is 8.81. The fraction of sp³-hybridized carbons (Fsp3) is 0.250. The van der Waals surface area contributed by atoms with Crippen molar-refractivity contribution in [1.82, 2.24) is 39.7 Å². The summed E-state index contributed by atoms with van der Waals surface area (Å²) in [6.07, 6.45) is 2.21. The largest absolute Gasteiger partial charge is 0.421 e. The van der Waals surface area contributed by atoms with E-state index >= 15 is 0 Å². The van der Waals surface area contributed by atoms with Crippen LogP contribution in [-0.4, -0.2) is 39.7 Å². The molecule has 0 fully saturated rings. The van der Waals surface area contributed by atoms with Crippen LogP contribution in [0.3, 0.4) is 0 Å². The molecule has 0 spiro atoms. The van der Waals surface area contributed by atoms with Crippen LogP contribution >= 0.6 is 0 Å². The number of anilines is 2. The predicted octanol–water partition coefficient (Wildman–Crippen LogP) is 4.48. The van der Waals surface area contributed by atoms with E-state index in [4.69, 9.17) is 4.42 Å². The molecule has 4 aromatic heterocycles. The summed E-state index contributed by atoms with van der Waals surface area (Å²) >= 11 is 0. The van der Waals surface area contributed by atoms with Crippen LogP contribution in [0.4, 0.5) is 16.0 Å². The first-order valence-corrected chi connectivity index (χ1v) is 11.1. The smallest absolute Gasteiger partial charge is 0.251 e. The van der Waals surface area contributed by atoms with Crippen LogP contribution in [0, 0.1) is 26.6 Å². The van der Waals surface area contributed by atoms with Gasteiger partial charge in [-0.25, -0.2) is 19.0 Å². The van der Waals surface area contributed by atoms with Crippen LogP contribution in [0.1, 0.15) is 29.8 Å². The number of benzene rings is 1. The lowest BCUT2D eigenvalue weighted by Crippen LogP contribution is -2.06. The van der Waals surface area contributed by atoms with E-state index in [2.05, 4.69) is 42.6 Å². The minimum Gasteiger partial charge on any atom is -0.421 e. The van der Waals surface area contributed by atoms with Gasteiger partial charge in [-0.05, 0) is 44.5 Å². The summed E-state index contributed by atoms with van der Waals surface area (Å²) in [5.41, 5.74) is 5.00. The summed E-state index contributed by atoms with van der Waals surface area (Å²) < 4.78 is 22.5. The van der Waals surface area contributed by atoms with Gasteiger partial charge in [0, 0.05) is 31.2 Å². The summed E-state index contributed by atoms with van der Waals surface area (Å²) in [7, 11) is 1.86. The fourth-order valence-electron chi connectivity index (χ4n) is 4.12. The van der Waals surface area contributed by atoms with E-state index in [1.54, 1.807) is 28.4 Å². The van der Waals surface area contributed by atoms with E-state index in [0.717, 1.165) is 46.0 Å². The molecule has 0 aliphatic heterocycles. The Kier molecular flexibility index (Phi) is 5.59. The molecule has 0 bridgehead atoms. The Labute approximate surface area is 200 Å². The third kappa shape index (κ3) is 4.05. The number of hydrogen-bond acceptors (Lipinski definition) is 8. The first kappa shape index (κ1) is 22.4. The molecule has 0 saturated carbocycles. The highest BCUT2D eigenvalue weighted by Crippen LogP contribution is 2.31. The normalized spacial score (nSPS) is 11.3. The third-order valence-corrected chi connectivity index (χ3v) is 5.76. The van der Waals surface area contributed by atoms with Gasteiger partial charge in [-0.1, -0.05) is 6.92 Å². The highest BCUT2D eigenvalue weighted by atomic mass is 19.1. The van der Waals surface area contributed by atoms with Gasteiger partial charge in [0.1, 0.15) is 23.8 Å². The maximum Gasteiger partial charge on any atom is 0.251 e. The van der Waals surface area contributed by atoms with E-state index in [-0.39, 0.29) is 5.82 Å². The SMILES string of the molecule is CCc1c(-c2ccc(F)cc2)nn(C)c1Nc1cc(-n2nc(C)c(-c3nnc(C)o3)c2C)ncn1. The molecular weight excluding hydrogens is 449 g/mol. The molecule has 4 heterocycles. The Morgan fingerprint density at radius 2 is 1.80 bits per heavy atom. The number of hydrogen-bond donors (Lipinski definition) is 1. The van der Waals surface area contributed by atoms with Crippen molar-refractivity contribution in [3.05, 3.63) is 65.3 Å². The molecule has 0 amide bonds. The fourth-order valence-corrected chi connectivity index (χ4v) is 4.12. The van der Waals surface area contributed by atoms with Crippen molar-refractivity contribution in [2.24, 2.45) is 7.05 Å². The topological polar surface area (TPSA) is 112 Å². The standard InChI is InChI=1S/C24H24FN9O/c1-6-18-22(16-7-9-17(25)10-8-16)32-33(5)23(18)28-19-11-20(27-12-26-19)34-14(3)21(13(2)31-34)24-30-29-15(4)35-24/h7-12H,6H2,1-5H3,(H,26,27,28). The molecule has 0 aliphatic carbocycles. The summed E-state index contributed by atoms with van der Waals surface area (Å²) in [5.74, 6) is 2.60. The maximum absolute atomic E-state index is 13.4. The zero-order chi connectivity index (χ0) is 24.7. The summed E-state index contributed by atoms with van der Waals surface area (Å²) in [6, 6.07) is 8.15. The third-order valence-electron chi connectivity index (χ3n) is 5.76. The molecule has 11 heteroatoms. The van der Waals surface area contributed by atoms with Crippen molar-refractivity contribution in [2.45, 2.75) is 34.1 Å². The first-order valence-electron chi connectivity index (χ1n) is 11.1. The maximum atomic E-state index is 13.4. The first-order chi connectivity index (χ1) is 16.9. The van der Waals surface area contributed by atoms with Crippen molar-refractivity contribution < 1.29 is 8.81 Å². The zero-order valence-electron chi connectivity index (χ0n) is 20.0. The second kappa shape index (κ2) is 8.75. The second-order valence-electron chi connectivity index (χ2n) is 8.13. The summed E-state index contributed by atoms with van der Waals surface area (Å²) in [5, 5.41) is 20.7. The van der Waals surface area contributed by atoms with Crippen LogP contribution < -0.4 is 5.32 Å². The highest BCUT2D eigenvalue weighted by Gasteiger charge is 2.21. The molecule has 0 saturated heterocycles. The Morgan fingerprint density at radius 1 is 1.03 bits per heavy atom. The van der Waals surface area contributed by atoms with Gasteiger partial charge >= 0.3 is 0 Å². The second-order valence-corrected chi connectivity index (χ2v) is 8.13. The Morgan fingerprint density at radius 3 is 2.49 bits per heavy atom. The van der Waals surface area contributed by atoms with Crippen LogP contribution in [0.15, 0.2) is 41.1 Å². The molecule has 0 aliphatic rings. The molecule has 0 unspecified atom stereocenters. The lowest BCUT2D eigenvalue weighted by atomic mass is 10.1. The molecule has 0 radical (unpaired) electrons. The Bertz CT molecular complexity index is 1510. The van der Waals surface area contributed by atoms with Crippen LogP contribution in [0.25, 0.3) is 28.5 Å². The van der Waals surface area contributed by atoms with Crippen molar-refractivity contribution >= 4 is 11.6 Å². The number of rotatable bonds is 6. The molecule has 5 rings (SSSR count). The molecule has 5 aromatic rings. The van der Waals surface area contributed by atoms with Gasteiger partial charge in [0.15, 0.2) is 5.82 Å². The lowest BCUT2D eigenvalue weighted by molar-refractivity contribution is 0.532. The van der Waals surface area contributed by atoms with E-state index in [1.807, 2.05) is 27.0 Å². The van der Waals surface area contributed by atoms with Gasteiger partial charge < -0.3 is 9.73 Å². The minimum atomic E-state index is -0.281. The number of aryl methyl sites for hydroxylation is 3. The van der Waals surface area contributed by atoms with E-state index in [1.165, 1.54) is 18.5 Å². The van der Waals surface area contributed by atoms with Crippen molar-refractivity contribution in [3.8, 4) is 28.5 Å². The number of aromatic nitrogens is 8. The van der Waals surface area contributed by atoms with Gasteiger partial charge in [0.2, 0.25) is 5.89 Å². The number of halogens is 1. The average molecular weight is 474 g/mol. The van der Waals surface area contributed by atoms with E-state index in [0.29, 0.717) is 23.4 Å². The van der Waals surface area contributed by atoms with Gasteiger partial charge in [-0.3, -0.25) is 4.68 Å². The van der Waals surface area contributed by atoms with Crippen LogP contribution in [0.5, 0.6) is 0 Å². The van der Waals surface area contributed by atoms with Gasteiger partial charge in [-0.2, -0.15) is 10.2 Å². The van der Waals surface area contributed by atoms with Crippen molar-refractivity contribution in [3.63, 3.8) is 0 Å². The van der Waals surface area contributed by atoms with Gasteiger partial charge in [0.05, 0.1) is 22.6 Å². The molecule has 0 atom stereocenters. The molecule has 178 valence electrons. The number of nitrogens with zero attached hydrogens (tertiary/aromatic N) is 8. The lowest BCUT2D eigenvalue weighted by Gasteiger charge is -2.10. The van der Waals surface area contributed by atoms with Crippen molar-refractivity contribution in [1.29, 1.82) is 0 Å². The molecular formula is C24H24FN9O. The molecule has 10 nitrogen and oxygen atoms in total.